The van der Waals surface area contributed by atoms with Crippen LogP contribution < -0.4 is 0 Å². The molecule has 0 bridgehead atoms. The Hall–Kier alpha value is 0.720. The van der Waals surface area contributed by atoms with Crippen molar-refractivity contribution < 1.29 is 0 Å². The first-order valence-corrected chi connectivity index (χ1v) is 3.97. The number of thiophene rings is 1. The van der Waals surface area contributed by atoms with Gasteiger partial charge >= 0.3 is 0 Å². The van der Waals surface area contributed by atoms with E-state index in [9.17, 15) is 0 Å². The van der Waals surface area contributed by atoms with Crippen LogP contribution in [0.15, 0.2) is 12.1 Å². The molecular formula is C5H6ClIS. The van der Waals surface area contributed by atoms with Gasteiger partial charge in [0.1, 0.15) is 0 Å². The molecule has 0 atom stereocenters. The molecule has 8 heavy (non-hydrogen) atoms. The third-order valence-corrected chi connectivity index (χ3v) is 2.58. The zero-order valence-electron chi connectivity index (χ0n) is 3.32. The number of hydrogen-bond donors (Lipinski definition) is 0. The molecule has 0 aromatic carbocycles. The van der Waals surface area contributed by atoms with Gasteiger partial charge in [0.2, 0.25) is 0 Å². The molecule has 46 valence electrons. The summed E-state index contributed by atoms with van der Waals surface area (Å²) in [5.41, 5.74) is 0. The van der Waals surface area contributed by atoms with E-state index in [-0.39, 0.29) is 7.43 Å². The maximum Gasteiger partial charge on any atom is 0.0939 e. The summed E-state index contributed by atoms with van der Waals surface area (Å²) >= 11 is 9.40. The van der Waals surface area contributed by atoms with Gasteiger partial charge in [-0.3, -0.25) is 0 Å². The van der Waals surface area contributed by atoms with Crippen molar-refractivity contribution in [3.05, 3.63) is 19.4 Å². The molecule has 0 saturated carbocycles. The van der Waals surface area contributed by atoms with E-state index in [1.807, 2.05) is 12.1 Å². The van der Waals surface area contributed by atoms with Gasteiger partial charge in [-0.15, -0.1) is 11.3 Å². The van der Waals surface area contributed by atoms with Crippen molar-refractivity contribution in [2.45, 2.75) is 7.43 Å². The van der Waals surface area contributed by atoms with Gasteiger partial charge in [0.25, 0.3) is 0 Å². The molecule has 0 nitrogen and oxygen atoms in total. The Kier molecular flexibility index (Phi) is 4.02. The van der Waals surface area contributed by atoms with E-state index in [2.05, 4.69) is 22.6 Å². The van der Waals surface area contributed by atoms with E-state index in [1.54, 1.807) is 11.3 Å². The fourth-order valence-electron chi connectivity index (χ4n) is 0.292. The Bertz CT molecular complexity index is 145. The van der Waals surface area contributed by atoms with E-state index in [0.29, 0.717) is 0 Å². The monoisotopic (exact) mass is 260 g/mol. The van der Waals surface area contributed by atoms with Crippen LogP contribution in [0.1, 0.15) is 7.43 Å². The summed E-state index contributed by atoms with van der Waals surface area (Å²) in [6.45, 7) is 0. The van der Waals surface area contributed by atoms with Crippen molar-refractivity contribution in [3.8, 4) is 0 Å². The van der Waals surface area contributed by atoms with Crippen LogP contribution in [0.2, 0.25) is 4.34 Å². The van der Waals surface area contributed by atoms with Crippen LogP contribution in [-0.2, 0) is 0 Å². The van der Waals surface area contributed by atoms with Crippen LogP contribution in [0.4, 0.5) is 0 Å². The summed E-state index contributed by atoms with van der Waals surface area (Å²) in [4.78, 5) is 0. The third kappa shape index (κ3) is 2.33. The van der Waals surface area contributed by atoms with Crippen LogP contribution in [0.3, 0.4) is 0 Å². The van der Waals surface area contributed by atoms with Crippen molar-refractivity contribution in [2.24, 2.45) is 0 Å². The van der Waals surface area contributed by atoms with Crippen LogP contribution in [0, 0.1) is 2.88 Å². The molecule has 0 radical (unpaired) electrons. The first-order chi connectivity index (χ1) is 3.29. The van der Waals surface area contributed by atoms with Gasteiger partial charge in [-0.25, -0.2) is 0 Å². The average Bonchev–Trinajstić information content (AvgIpc) is 1.87. The largest absolute Gasteiger partial charge is 0.117 e. The summed E-state index contributed by atoms with van der Waals surface area (Å²) in [7, 11) is 0. The van der Waals surface area contributed by atoms with E-state index in [4.69, 9.17) is 11.6 Å². The third-order valence-electron chi connectivity index (χ3n) is 0.540. The average molecular weight is 261 g/mol. The summed E-state index contributed by atoms with van der Waals surface area (Å²) in [6, 6.07) is 3.89. The van der Waals surface area contributed by atoms with Crippen molar-refractivity contribution >= 4 is 45.5 Å². The molecule has 0 unspecified atom stereocenters. The Morgan fingerprint density at radius 3 is 2.25 bits per heavy atom. The SMILES string of the molecule is C.Clc1ccc(I)s1. The maximum absolute atomic E-state index is 5.57. The highest BCUT2D eigenvalue weighted by Gasteiger charge is 1.88. The minimum absolute atomic E-state index is 0. The summed E-state index contributed by atoms with van der Waals surface area (Å²) in [5.74, 6) is 0. The number of rotatable bonds is 0. The Labute approximate surface area is 72.0 Å². The predicted molar refractivity (Wildman–Crippen MR) is 48.8 cm³/mol. The molecule has 0 amide bonds. The van der Waals surface area contributed by atoms with Crippen LogP contribution >= 0.6 is 45.5 Å². The van der Waals surface area contributed by atoms with E-state index >= 15 is 0 Å². The molecular weight excluding hydrogens is 254 g/mol. The maximum atomic E-state index is 5.57. The Balaban J connectivity index is 0.000000490. The van der Waals surface area contributed by atoms with Gasteiger partial charge < -0.3 is 0 Å². The molecule has 3 heteroatoms. The lowest BCUT2D eigenvalue weighted by Gasteiger charge is -1.67. The normalized spacial score (nSPS) is 8.25. The minimum atomic E-state index is 0. The topological polar surface area (TPSA) is 0 Å². The fourth-order valence-corrected chi connectivity index (χ4v) is 2.35. The molecule has 1 aromatic heterocycles. The highest BCUT2D eigenvalue weighted by Crippen LogP contribution is 2.22. The first-order valence-electron chi connectivity index (χ1n) is 1.70. The molecule has 1 heterocycles. The Morgan fingerprint density at radius 1 is 1.50 bits per heavy atom. The second kappa shape index (κ2) is 3.69. The van der Waals surface area contributed by atoms with Crippen LogP contribution in [-0.4, -0.2) is 0 Å². The van der Waals surface area contributed by atoms with Crippen LogP contribution in [0.5, 0.6) is 0 Å². The van der Waals surface area contributed by atoms with Gasteiger partial charge in [-0.1, -0.05) is 19.0 Å². The second-order valence-electron chi connectivity index (χ2n) is 1.04. The highest BCUT2D eigenvalue weighted by atomic mass is 127. The molecule has 0 aliphatic rings. The minimum Gasteiger partial charge on any atom is -0.117 e. The molecule has 0 saturated heterocycles. The lowest BCUT2D eigenvalue weighted by atomic mass is 10.7. The van der Waals surface area contributed by atoms with Gasteiger partial charge in [0.15, 0.2) is 0 Å². The summed E-state index contributed by atoms with van der Waals surface area (Å²) in [6.07, 6.45) is 0. The predicted octanol–water partition coefficient (Wildman–Crippen LogP) is 3.64. The smallest absolute Gasteiger partial charge is 0.0939 e. The summed E-state index contributed by atoms with van der Waals surface area (Å²) < 4.78 is 2.10. The van der Waals surface area contributed by atoms with E-state index in [1.165, 1.54) is 2.88 Å². The number of halogens is 2. The van der Waals surface area contributed by atoms with E-state index in [0.717, 1.165) is 4.34 Å². The molecule has 1 aromatic rings. The zero-order chi connectivity index (χ0) is 5.28. The van der Waals surface area contributed by atoms with Gasteiger partial charge in [-0.05, 0) is 34.7 Å². The quantitative estimate of drug-likeness (QED) is 0.625. The lowest BCUT2D eigenvalue weighted by Crippen LogP contribution is -1.38. The van der Waals surface area contributed by atoms with Crippen molar-refractivity contribution in [2.75, 3.05) is 0 Å². The standard InChI is InChI=1S/C4H2ClIS.CH4/c5-3-1-2-4(6)7-3;/h1-2H;1H4. The Morgan fingerprint density at radius 2 is 2.12 bits per heavy atom. The number of hydrogen-bond acceptors (Lipinski definition) is 1. The second-order valence-corrected chi connectivity index (χ2v) is 4.65. The van der Waals surface area contributed by atoms with Crippen molar-refractivity contribution in [1.82, 2.24) is 0 Å². The fraction of sp³-hybridized carbons (Fsp3) is 0.200. The van der Waals surface area contributed by atoms with E-state index < -0.39 is 0 Å². The molecule has 1 rings (SSSR count). The molecule has 0 spiro atoms. The van der Waals surface area contributed by atoms with Crippen molar-refractivity contribution in [3.63, 3.8) is 0 Å². The van der Waals surface area contributed by atoms with Gasteiger partial charge in [-0.2, -0.15) is 0 Å². The molecule has 0 fully saturated rings. The first kappa shape index (κ1) is 8.72. The zero-order valence-corrected chi connectivity index (χ0v) is 7.05. The van der Waals surface area contributed by atoms with Crippen molar-refractivity contribution in [1.29, 1.82) is 0 Å². The molecule has 0 aliphatic heterocycles. The molecule has 0 N–H and O–H groups in total. The van der Waals surface area contributed by atoms with Gasteiger partial charge in [0.05, 0.1) is 7.22 Å². The molecule has 0 aliphatic carbocycles. The van der Waals surface area contributed by atoms with Crippen LogP contribution in [0.25, 0.3) is 0 Å². The summed E-state index contributed by atoms with van der Waals surface area (Å²) in [5, 5.41) is 0. The highest BCUT2D eigenvalue weighted by molar-refractivity contribution is 14.1. The lowest BCUT2D eigenvalue weighted by molar-refractivity contribution is 1.96. The van der Waals surface area contributed by atoms with Gasteiger partial charge in [0, 0.05) is 0 Å².